The third kappa shape index (κ3) is 5.41. The van der Waals surface area contributed by atoms with Crippen LogP contribution in [0, 0.1) is 29.1 Å². The summed E-state index contributed by atoms with van der Waals surface area (Å²) in [7, 11) is 1.60. The van der Waals surface area contributed by atoms with E-state index >= 15 is 0 Å². The van der Waals surface area contributed by atoms with E-state index in [9.17, 15) is 14.7 Å². The summed E-state index contributed by atoms with van der Waals surface area (Å²) < 4.78 is 5.19. The fourth-order valence-electron chi connectivity index (χ4n) is 6.53. The Morgan fingerprint density at radius 3 is 2.56 bits per heavy atom. The monoisotopic (exact) mass is 493 g/mol. The Balaban J connectivity index is 1.41. The van der Waals surface area contributed by atoms with Crippen molar-refractivity contribution < 1.29 is 19.4 Å². The summed E-state index contributed by atoms with van der Waals surface area (Å²) in [4.78, 5) is 30.2. The number of carbonyl (C=O) groups excluding carboxylic acids is 2. The molecular weight excluding hydrogens is 454 g/mol. The number of aliphatic hydroxyl groups excluding tert-OH is 1. The first kappa shape index (κ1) is 26.1. The molecule has 2 aromatic rings. The van der Waals surface area contributed by atoms with Crippen LogP contribution in [0.4, 0.5) is 0 Å². The second kappa shape index (κ2) is 11.0. The minimum Gasteiger partial charge on any atom is -0.497 e. The van der Waals surface area contributed by atoms with Crippen molar-refractivity contribution in [3.8, 4) is 5.75 Å². The number of aliphatic hydroxyl groups is 1. The van der Waals surface area contributed by atoms with Gasteiger partial charge in [-0.3, -0.25) is 14.6 Å². The van der Waals surface area contributed by atoms with Crippen molar-refractivity contribution in [1.29, 1.82) is 0 Å². The number of amides is 2. The highest BCUT2D eigenvalue weighted by atomic mass is 16.5. The van der Waals surface area contributed by atoms with Gasteiger partial charge in [0.05, 0.1) is 25.5 Å². The molecule has 0 saturated heterocycles. The molecule has 0 spiro atoms. The van der Waals surface area contributed by atoms with Crippen LogP contribution in [0.5, 0.6) is 5.75 Å². The first-order valence-electron chi connectivity index (χ1n) is 13.0. The molecule has 1 aromatic carbocycles. The van der Waals surface area contributed by atoms with Gasteiger partial charge in [0.15, 0.2) is 0 Å². The number of methoxy groups -OCH3 is 1. The molecular formula is C29H39N3O4. The minimum atomic E-state index is -0.602. The third-order valence-electron chi connectivity index (χ3n) is 8.78. The molecule has 2 aliphatic carbocycles. The first-order chi connectivity index (χ1) is 17.2. The Kier molecular flexibility index (Phi) is 7.98. The van der Waals surface area contributed by atoms with Crippen molar-refractivity contribution in [2.24, 2.45) is 29.1 Å². The van der Waals surface area contributed by atoms with Crippen molar-refractivity contribution in [3.63, 3.8) is 0 Å². The summed E-state index contributed by atoms with van der Waals surface area (Å²) in [6.45, 7) is 6.70. The molecule has 2 fully saturated rings. The van der Waals surface area contributed by atoms with Gasteiger partial charge in [0.25, 0.3) is 5.91 Å². The molecule has 2 saturated carbocycles. The molecule has 0 aliphatic heterocycles. The van der Waals surface area contributed by atoms with E-state index in [1.54, 1.807) is 37.6 Å². The van der Waals surface area contributed by atoms with Crippen LogP contribution in [0.1, 0.15) is 62.5 Å². The van der Waals surface area contributed by atoms with E-state index < -0.39 is 6.10 Å². The van der Waals surface area contributed by atoms with E-state index in [1.165, 1.54) is 0 Å². The number of hydrogen-bond donors (Lipinski definition) is 3. The standard InChI is InChI=1S/C29H39N3O4/c1-18(27(34)31-17-21-7-5-6-16-30-21)23-12-14-29(3)15-13-24(19(2)25(29)26(23)33)32-28(35)20-8-10-22(36-4)11-9-20/h5-11,16,18-19,23-26,33H,12-15,17H2,1-4H3,(H,31,34)(H,32,35)/t18-,19+,23+,24-,25+,26-,29-/m0/s1. The molecule has 194 valence electrons. The van der Waals surface area contributed by atoms with Crippen LogP contribution in [0.25, 0.3) is 0 Å². The molecule has 0 unspecified atom stereocenters. The molecule has 2 amide bonds. The second-order valence-corrected chi connectivity index (χ2v) is 10.9. The lowest BCUT2D eigenvalue weighted by Crippen LogP contribution is -2.58. The SMILES string of the molecule is COc1ccc(C(=O)N[C@H]2CC[C@]3(C)CC[C@H]([C@H](C)C(=O)NCc4ccccn4)[C@H](O)[C@H]3[C@@H]2C)cc1. The summed E-state index contributed by atoms with van der Waals surface area (Å²) in [5, 5.41) is 17.8. The Labute approximate surface area is 214 Å². The molecule has 1 aromatic heterocycles. The summed E-state index contributed by atoms with van der Waals surface area (Å²) >= 11 is 0. The van der Waals surface area contributed by atoms with E-state index in [4.69, 9.17) is 4.74 Å². The highest BCUT2D eigenvalue weighted by Crippen LogP contribution is 2.55. The Morgan fingerprint density at radius 2 is 1.89 bits per heavy atom. The van der Waals surface area contributed by atoms with E-state index in [2.05, 4.69) is 29.5 Å². The molecule has 1 heterocycles. The second-order valence-electron chi connectivity index (χ2n) is 10.9. The van der Waals surface area contributed by atoms with Crippen LogP contribution in [-0.2, 0) is 11.3 Å². The number of nitrogens with one attached hydrogen (secondary N) is 2. The molecule has 4 rings (SSSR count). The quantitative estimate of drug-likeness (QED) is 0.542. The predicted molar refractivity (Wildman–Crippen MR) is 138 cm³/mol. The number of carbonyl (C=O) groups is 2. The normalized spacial score (nSPS) is 30.5. The topological polar surface area (TPSA) is 101 Å². The molecule has 7 atom stereocenters. The first-order valence-corrected chi connectivity index (χ1v) is 13.0. The number of fused-ring (bicyclic) bond motifs is 1. The zero-order valence-electron chi connectivity index (χ0n) is 21.7. The number of ether oxygens (including phenoxy) is 1. The number of pyridine rings is 1. The fourth-order valence-corrected chi connectivity index (χ4v) is 6.53. The summed E-state index contributed by atoms with van der Waals surface area (Å²) in [5.41, 5.74) is 1.41. The maximum atomic E-state index is 13.0. The lowest BCUT2D eigenvalue weighted by molar-refractivity contribution is -0.142. The number of benzene rings is 1. The summed E-state index contributed by atoms with van der Waals surface area (Å²) in [5.74, 6) is 0.219. The summed E-state index contributed by atoms with van der Waals surface area (Å²) in [6.07, 6.45) is 4.73. The van der Waals surface area contributed by atoms with Gasteiger partial charge in [0, 0.05) is 23.7 Å². The number of rotatable bonds is 7. The van der Waals surface area contributed by atoms with Gasteiger partial charge in [-0.1, -0.05) is 26.8 Å². The largest absolute Gasteiger partial charge is 0.497 e. The zero-order valence-corrected chi connectivity index (χ0v) is 21.7. The third-order valence-corrected chi connectivity index (χ3v) is 8.78. The highest BCUT2D eigenvalue weighted by Gasteiger charge is 2.53. The van der Waals surface area contributed by atoms with E-state index in [0.29, 0.717) is 17.9 Å². The van der Waals surface area contributed by atoms with Gasteiger partial charge < -0.3 is 20.5 Å². The molecule has 7 heteroatoms. The number of hydrogen-bond acceptors (Lipinski definition) is 5. The molecule has 0 bridgehead atoms. The molecule has 7 nitrogen and oxygen atoms in total. The van der Waals surface area contributed by atoms with Crippen LogP contribution < -0.4 is 15.4 Å². The Morgan fingerprint density at radius 1 is 1.17 bits per heavy atom. The van der Waals surface area contributed by atoms with Gasteiger partial charge in [-0.25, -0.2) is 0 Å². The van der Waals surface area contributed by atoms with Crippen molar-refractivity contribution in [2.75, 3.05) is 7.11 Å². The van der Waals surface area contributed by atoms with Gasteiger partial charge in [-0.15, -0.1) is 0 Å². The van der Waals surface area contributed by atoms with Crippen LogP contribution >= 0.6 is 0 Å². The maximum Gasteiger partial charge on any atom is 0.251 e. The van der Waals surface area contributed by atoms with Crippen LogP contribution in [-0.4, -0.2) is 41.2 Å². The van der Waals surface area contributed by atoms with E-state index in [1.807, 2.05) is 25.1 Å². The van der Waals surface area contributed by atoms with Gasteiger partial charge in [-0.2, -0.15) is 0 Å². The number of nitrogens with zero attached hydrogens (tertiary/aromatic N) is 1. The highest BCUT2D eigenvalue weighted by molar-refractivity contribution is 5.94. The average molecular weight is 494 g/mol. The maximum absolute atomic E-state index is 13.0. The van der Waals surface area contributed by atoms with Crippen molar-refractivity contribution in [1.82, 2.24) is 15.6 Å². The van der Waals surface area contributed by atoms with Crippen molar-refractivity contribution in [2.45, 2.75) is 65.1 Å². The van der Waals surface area contributed by atoms with Gasteiger partial charge >= 0.3 is 0 Å². The smallest absolute Gasteiger partial charge is 0.251 e. The summed E-state index contributed by atoms with van der Waals surface area (Å²) in [6, 6.07) is 12.7. The van der Waals surface area contributed by atoms with Gasteiger partial charge in [0.1, 0.15) is 5.75 Å². The van der Waals surface area contributed by atoms with E-state index in [-0.39, 0.29) is 46.9 Å². The molecule has 2 aliphatic rings. The predicted octanol–water partition coefficient (Wildman–Crippen LogP) is 3.96. The van der Waals surface area contributed by atoms with Crippen molar-refractivity contribution in [3.05, 3.63) is 59.9 Å². The Bertz CT molecular complexity index is 1040. The van der Waals surface area contributed by atoms with Crippen molar-refractivity contribution >= 4 is 11.8 Å². The molecule has 3 N–H and O–H groups in total. The minimum absolute atomic E-state index is 0.000822. The Hall–Kier alpha value is -2.93. The van der Waals surface area contributed by atoms with Crippen LogP contribution in [0.15, 0.2) is 48.7 Å². The van der Waals surface area contributed by atoms with Gasteiger partial charge in [0.2, 0.25) is 5.91 Å². The van der Waals surface area contributed by atoms with Crippen LogP contribution in [0.2, 0.25) is 0 Å². The van der Waals surface area contributed by atoms with Crippen LogP contribution in [0.3, 0.4) is 0 Å². The van der Waals surface area contributed by atoms with Gasteiger partial charge in [-0.05, 0) is 85.3 Å². The lowest BCUT2D eigenvalue weighted by atomic mass is 9.51. The fraction of sp³-hybridized carbons (Fsp3) is 0.552. The average Bonchev–Trinajstić information content (AvgIpc) is 2.89. The lowest BCUT2D eigenvalue weighted by Gasteiger charge is -2.56. The number of aromatic nitrogens is 1. The molecule has 0 radical (unpaired) electrons. The zero-order chi connectivity index (χ0) is 25.9. The van der Waals surface area contributed by atoms with E-state index in [0.717, 1.165) is 31.4 Å². The molecule has 36 heavy (non-hydrogen) atoms.